The van der Waals surface area contributed by atoms with Gasteiger partial charge in [-0.25, -0.2) is 0 Å². The molecule has 3 fully saturated rings. The molecule has 35 heavy (non-hydrogen) atoms. The van der Waals surface area contributed by atoms with Crippen LogP contribution < -0.4 is 0 Å². The number of ether oxygens (including phenoxy) is 9. The predicted molar refractivity (Wildman–Crippen MR) is 125 cm³/mol. The highest BCUT2D eigenvalue weighted by Gasteiger charge is 2.51. The molecular weight excluding hydrogens is 458 g/mol. The van der Waals surface area contributed by atoms with Crippen LogP contribution >= 0.6 is 0 Å². The van der Waals surface area contributed by atoms with E-state index >= 15 is 0 Å². The number of hydrogen-bond acceptors (Lipinski definition) is 10. The SMILES string of the molecule is COCCN1CCOCCO[C@@H]2[C@@H](OCCOCC1)[C@H](OC)O[C@@H]1COC(c3ccccc3)O[C@@H]21. The monoisotopic (exact) mass is 497 g/mol. The minimum Gasteiger partial charge on any atom is -0.383 e. The van der Waals surface area contributed by atoms with E-state index in [0.29, 0.717) is 52.9 Å². The van der Waals surface area contributed by atoms with Gasteiger partial charge in [-0.1, -0.05) is 30.3 Å². The lowest BCUT2D eigenvalue weighted by molar-refractivity contribution is -0.368. The van der Waals surface area contributed by atoms with Gasteiger partial charge < -0.3 is 42.6 Å². The Morgan fingerprint density at radius 1 is 0.800 bits per heavy atom. The molecule has 1 aromatic rings. The van der Waals surface area contributed by atoms with Crippen LogP contribution in [0.3, 0.4) is 0 Å². The lowest BCUT2D eigenvalue weighted by Crippen LogP contribution is -2.63. The smallest absolute Gasteiger partial charge is 0.186 e. The lowest BCUT2D eigenvalue weighted by atomic mass is 9.97. The molecule has 0 amide bonds. The summed E-state index contributed by atoms with van der Waals surface area (Å²) in [7, 11) is 3.31. The zero-order chi connectivity index (χ0) is 24.3. The maximum atomic E-state index is 6.38. The van der Waals surface area contributed by atoms with Gasteiger partial charge in [0.05, 0.1) is 52.9 Å². The highest BCUT2D eigenvalue weighted by Crippen LogP contribution is 2.36. The minimum atomic E-state index is -0.608. The third-order valence-corrected chi connectivity index (χ3v) is 6.38. The van der Waals surface area contributed by atoms with Crippen LogP contribution in [0, 0.1) is 0 Å². The number of benzene rings is 1. The second-order valence-corrected chi connectivity index (χ2v) is 8.69. The van der Waals surface area contributed by atoms with Gasteiger partial charge in [0, 0.05) is 39.4 Å². The maximum absolute atomic E-state index is 6.38. The van der Waals surface area contributed by atoms with E-state index in [4.69, 9.17) is 42.6 Å². The number of methoxy groups -OCH3 is 2. The second-order valence-electron chi connectivity index (χ2n) is 8.69. The third kappa shape index (κ3) is 7.65. The molecule has 1 unspecified atom stereocenters. The minimum absolute atomic E-state index is 0.335. The summed E-state index contributed by atoms with van der Waals surface area (Å²) >= 11 is 0. The molecule has 198 valence electrons. The molecule has 3 saturated heterocycles. The molecule has 3 aliphatic rings. The Morgan fingerprint density at radius 2 is 1.51 bits per heavy atom. The van der Waals surface area contributed by atoms with Crippen LogP contribution in [0.15, 0.2) is 30.3 Å². The van der Waals surface area contributed by atoms with Crippen molar-refractivity contribution in [3.63, 3.8) is 0 Å². The first kappa shape index (κ1) is 26.9. The highest BCUT2D eigenvalue weighted by molar-refractivity contribution is 5.16. The number of nitrogens with zero attached hydrogens (tertiary/aromatic N) is 1. The Hall–Kier alpha value is -1.18. The van der Waals surface area contributed by atoms with E-state index in [1.807, 2.05) is 30.3 Å². The molecule has 3 heterocycles. The van der Waals surface area contributed by atoms with Gasteiger partial charge in [-0.05, 0) is 0 Å². The average molecular weight is 498 g/mol. The Labute approximate surface area is 207 Å². The third-order valence-electron chi connectivity index (χ3n) is 6.38. The summed E-state index contributed by atoms with van der Waals surface area (Å²) in [6, 6.07) is 9.87. The molecule has 0 aromatic heterocycles. The Balaban J connectivity index is 1.42. The van der Waals surface area contributed by atoms with E-state index in [2.05, 4.69) is 4.90 Å². The van der Waals surface area contributed by atoms with Crippen molar-refractivity contribution in [2.24, 2.45) is 0 Å². The molecule has 0 bridgehead atoms. The van der Waals surface area contributed by atoms with Crippen molar-refractivity contribution >= 4 is 0 Å². The van der Waals surface area contributed by atoms with E-state index in [1.54, 1.807) is 14.2 Å². The van der Waals surface area contributed by atoms with E-state index in [-0.39, 0.29) is 12.2 Å². The quantitative estimate of drug-likeness (QED) is 0.592. The molecule has 0 saturated carbocycles. The molecule has 1 aromatic carbocycles. The topological polar surface area (TPSA) is 86.3 Å². The van der Waals surface area contributed by atoms with Crippen LogP contribution in [0.4, 0.5) is 0 Å². The maximum Gasteiger partial charge on any atom is 0.186 e. The van der Waals surface area contributed by atoms with Gasteiger partial charge in [0.2, 0.25) is 0 Å². The number of rotatable bonds is 5. The summed E-state index contributed by atoms with van der Waals surface area (Å²) < 4.78 is 53.6. The van der Waals surface area contributed by atoms with Crippen LogP contribution in [0.1, 0.15) is 11.9 Å². The second kappa shape index (κ2) is 14.5. The van der Waals surface area contributed by atoms with Crippen LogP contribution in [-0.2, 0) is 42.6 Å². The van der Waals surface area contributed by atoms with E-state index < -0.39 is 24.8 Å². The number of hydrogen-bond donors (Lipinski definition) is 0. The van der Waals surface area contributed by atoms with Crippen molar-refractivity contribution in [3.05, 3.63) is 35.9 Å². The van der Waals surface area contributed by atoms with Crippen LogP contribution in [0.5, 0.6) is 0 Å². The molecule has 0 radical (unpaired) electrons. The van der Waals surface area contributed by atoms with Gasteiger partial charge >= 0.3 is 0 Å². The fraction of sp³-hybridized carbons (Fsp3) is 0.760. The Kier molecular flexibility index (Phi) is 11.2. The first-order valence-corrected chi connectivity index (χ1v) is 12.4. The van der Waals surface area contributed by atoms with Gasteiger partial charge in [-0.15, -0.1) is 0 Å². The average Bonchev–Trinajstić information content (AvgIpc) is 2.91. The van der Waals surface area contributed by atoms with Crippen molar-refractivity contribution in [2.75, 3.05) is 86.7 Å². The van der Waals surface area contributed by atoms with Crippen molar-refractivity contribution in [1.82, 2.24) is 4.90 Å². The van der Waals surface area contributed by atoms with Gasteiger partial charge in [0.25, 0.3) is 0 Å². The summed E-state index contributed by atoms with van der Waals surface area (Å²) in [5.41, 5.74) is 0.948. The summed E-state index contributed by atoms with van der Waals surface area (Å²) in [6.07, 6.45) is -2.73. The summed E-state index contributed by atoms with van der Waals surface area (Å²) in [6.45, 7) is 6.40. The van der Waals surface area contributed by atoms with Crippen LogP contribution in [0.2, 0.25) is 0 Å². The van der Waals surface area contributed by atoms with Gasteiger partial charge in [-0.3, -0.25) is 4.90 Å². The van der Waals surface area contributed by atoms with Gasteiger partial charge in [0.1, 0.15) is 24.4 Å². The molecule has 10 heteroatoms. The molecule has 3 aliphatic heterocycles. The summed E-state index contributed by atoms with van der Waals surface area (Å²) in [5, 5.41) is 0. The zero-order valence-corrected chi connectivity index (χ0v) is 20.8. The summed E-state index contributed by atoms with van der Waals surface area (Å²) in [5.74, 6) is 0. The fourth-order valence-corrected chi connectivity index (χ4v) is 4.52. The first-order valence-electron chi connectivity index (χ1n) is 12.4. The van der Waals surface area contributed by atoms with Gasteiger partial charge in [0.15, 0.2) is 12.6 Å². The molecule has 0 aliphatic carbocycles. The Morgan fingerprint density at radius 3 is 2.20 bits per heavy atom. The molecule has 10 nitrogen and oxygen atoms in total. The van der Waals surface area contributed by atoms with Crippen LogP contribution in [0.25, 0.3) is 0 Å². The van der Waals surface area contributed by atoms with Crippen molar-refractivity contribution < 1.29 is 42.6 Å². The molecule has 0 N–H and O–H groups in total. The van der Waals surface area contributed by atoms with Crippen LogP contribution in [-0.4, -0.2) is 122 Å². The largest absolute Gasteiger partial charge is 0.383 e. The molecule has 0 spiro atoms. The normalized spacial score (nSPS) is 34.2. The molecule has 4 rings (SSSR count). The van der Waals surface area contributed by atoms with Crippen molar-refractivity contribution in [2.45, 2.75) is 37.0 Å². The Bertz CT molecular complexity index is 711. The fourth-order valence-electron chi connectivity index (χ4n) is 4.52. The summed E-state index contributed by atoms with van der Waals surface area (Å²) in [4.78, 5) is 2.27. The predicted octanol–water partition coefficient (Wildman–Crippen LogP) is 1.24. The molecule has 6 atom stereocenters. The standard InChI is InChI=1S/C25H39NO9/c1-27-11-8-26-9-12-29-14-16-31-22-21-20(18-33-24(35-21)19-6-4-3-5-7-19)34-25(28-2)23(22)32-17-15-30-13-10-26/h3-7,20-25H,8-18H2,1-2H3/t20-,21-,22+,23-,24?,25-/m1/s1. The number of fused-ring (bicyclic) bond motifs is 3. The highest BCUT2D eigenvalue weighted by atomic mass is 16.8. The lowest BCUT2D eigenvalue weighted by Gasteiger charge is -2.48. The molecular formula is C25H39NO9. The van der Waals surface area contributed by atoms with E-state index in [0.717, 1.165) is 25.2 Å². The first-order chi connectivity index (χ1) is 17.3. The van der Waals surface area contributed by atoms with E-state index in [1.165, 1.54) is 0 Å². The van der Waals surface area contributed by atoms with Crippen molar-refractivity contribution in [1.29, 1.82) is 0 Å². The van der Waals surface area contributed by atoms with Gasteiger partial charge in [-0.2, -0.15) is 0 Å². The van der Waals surface area contributed by atoms with Crippen molar-refractivity contribution in [3.8, 4) is 0 Å². The van der Waals surface area contributed by atoms with E-state index in [9.17, 15) is 0 Å². The zero-order valence-electron chi connectivity index (χ0n) is 20.8.